The summed E-state index contributed by atoms with van der Waals surface area (Å²) < 4.78 is 5.90. The van der Waals surface area contributed by atoms with Gasteiger partial charge in [0.25, 0.3) is 5.91 Å². The predicted octanol–water partition coefficient (Wildman–Crippen LogP) is 5.24. The number of nitrogens with zero attached hydrogens (tertiary/aromatic N) is 2. The molecule has 4 N–H and O–H groups in total. The number of rotatable bonds is 7. The highest BCUT2D eigenvalue weighted by molar-refractivity contribution is 6.06. The Morgan fingerprint density at radius 1 is 0.914 bits per heavy atom. The fourth-order valence-corrected chi connectivity index (χ4v) is 3.72. The smallest absolute Gasteiger partial charge is 0.253 e. The van der Waals surface area contributed by atoms with Crippen molar-refractivity contribution in [2.45, 2.75) is 0 Å². The highest BCUT2D eigenvalue weighted by Gasteiger charge is 2.18. The average molecular weight is 466 g/mol. The molecule has 0 radical (unpaired) electrons. The number of anilines is 1. The van der Waals surface area contributed by atoms with E-state index in [9.17, 15) is 4.79 Å². The van der Waals surface area contributed by atoms with E-state index in [1.165, 1.54) is 4.90 Å². The standard InChI is InChI=1S/C28H27N5O2/c1-31-24-17-23(18-9-11-20(12-10-18)28(34)33(2)3)32-26(25(24)27(29)30)19-13-15-22(16-14-19)35-21-7-5-4-6-8-21/h4-17H,1-3H3,(H3,29,30)(H,31,32). The van der Waals surface area contributed by atoms with Crippen molar-refractivity contribution in [3.63, 3.8) is 0 Å². The molecule has 4 aromatic rings. The van der Waals surface area contributed by atoms with Crippen molar-refractivity contribution < 1.29 is 9.53 Å². The largest absolute Gasteiger partial charge is 0.457 e. The Labute approximate surface area is 204 Å². The molecule has 0 atom stereocenters. The number of amides is 1. The summed E-state index contributed by atoms with van der Waals surface area (Å²) in [6.07, 6.45) is 0. The lowest BCUT2D eigenvalue weighted by molar-refractivity contribution is 0.0827. The van der Waals surface area contributed by atoms with Crippen LogP contribution in [-0.2, 0) is 0 Å². The number of hydrogen-bond acceptors (Lipinski definition) is 5. The number of aromatic nitrogens is 1. The summed E-state index contributed by atoms with van der Waals surface area (Å²) in [5, 5.41) is 11.3. The third-order valence-electron chi connectivity index (χ3n) is 5.50. The van der Waals surface area contributed by atoms with Crippen LogP contribution in [0.2, 0.25) is 0 Å². The van der Waals surface area contributed by atoms with Gasteiger partial charge in [0, 0.05) is 43.5 Å². The minimum Gasteiger partial charge on any atom is -0.457 e. The summed E-state index contributed by atoms with van der Waals surface area (Å²) in [6.45, 7) is 0. The highest BCUT2D eigenvalue weighted by atomic mass is 16.5. The highest BCUT2D eigenvalue weighted by Crippen LogP contribution is 2.33. The molecule has 3 aromatic carbocycles. The number of para-hydroxylation sites is 1. The zero-order chi connectivity index (χ0) is 24.9. The Morgan fingerprint density at radius 3 is 2.09 bits per heavy atom. The summed E-state index contributed by atoms with van der Waals surface area (Å²) in [5.41, 5.74) is 10.7. The van der Waals surface area contributed by atoms with E-state index in [1.807, 2.05) is 72.8 Å². The molecule has 1 amide bonds. The van der Waals surface area contributed by atoms with Crippen molar-refractivity contribution in [1.29, 1.82) is 5.41 Å². The van der Waals surface area contributed by atoms with Crippen LogP contribution in [0.15, 0.2) is 84.9 Å². The second kappa shape index (κ2) is 10.1. The zero-order valence-electron chi connectivity index (χ0n) is 19.9. The molecule has 0 bridgehead atoms. The van der Waals surface area contributed by atoms with Gasteiger partial charge >= 0.3 is 0 Å². The van der Waals surface area contributed by atoms with Gasteiger partial charge in [-0.15, -0.1) is 0 Å². The first-order valence-corrected chi connectivity index (χ1v) is 11.1. The van der Waals surface area contributed by atoms with Gasteiger partial charge in [-0.25, -0.2) is 4.98 Å². The Kier molecular flexibility index (Phi) is 6.78. The Hall–Kier alpha value is -4.65. The van der Waals surface area contributed by atoms with Crippen LogP contribution >= 0.6 is 0 Å². The normalized spacial score (nSPS) is 10.5. The minimum atomic E-state index is -0.0834. The van der Waals surface area contributed by atoms with Crippen LogP contribution in [0.1, 0.15) is 15.9 Å². The fraction of sp³-hybridized carbons (Fsp3) is 0.107. The lowest BCUT2D eigenvalue weighted by atomic mass is 10.00. The molecule has 4 rings (SSSR count). The van der Waals surface area contributed by atoms with Gasteiger partial charge in [-0.05, 0) is 54.6 Å². The first-order chi connectivity index (χ1) is 16.9. The van der Waals surface area contributed by atoms with Gasteiger partial charge in [0.15, 0.2) is 0 Å². The molecule has 7 nitrogen and oxygen atoms in total. The van der Waals surface area contributed by atoms with Crippen LogP contribution in [0.25, 0.3) is 22.5 Å². The second-order valence-electron chi connectivity index (χ2n) is 8.16. The quantitative estimate of drug-likeness (QED) is 0.256. The molecule has 1 heterocycles. The van der Waals surface area contributed by atoms with E-state index < -0.39 is 0 Å². The van der Waals surface area contributed by atoms with Crippen molar-refractivity contribution in [3.05, 3.63) is 96.1 Å². The Balaban J connectivity index is 1.74. The maximum atomic E-state index is 12.2. The van der Waals surface area contributed by atoms with Gasteiger partial charge in [0.1, 0.15) is 17.3 Å². The molecule has 0 fully saturated rings. The molecule has 0 aliphatic rings. The van der Waals surface area contributed by atoms with Crippen LogP contribution in [0.3, 0.4) is 0 Å². The van der Waals surface area contributed by atoms with Crippen LogP contribution in [-0.4, -0.2) is 42.8 Å². The van der Waals surface area contributed by atoms with E-state index in [1.54, 1.807) is 33.3 Å². The van der Waals surface area contributed by atoms with E-state index in [2.05, 4.69) is 5.32 Å². The van der Waals surface area contributed by atoms with Crippen LogP contribution in [0, 0.1) is 5.41 Å². The fourth-order valence-electron chi connectivity index (χ4n) is 3.72. The van der Waals surface area contributed by atoms with E-state index in [-0.39, 0.29) is 11.7 Å². The molecule has 7 heteroatoms. The monoisotopic (exact) mass is 465 g/mol. The SMILES string of the molecule is CNc1cc(-c2ccc(C(=O)N(C)C)cc2)nc(-c2ccc(Oc3ccccc3)cc2)c1C(=N)N. The molecular weight excluding hydrogens is 438 g/mol. The van der Waals surface area contributed by atoms with E-state index in [4.69, 9.17) is 20.9 Å². The maximum Gasteiger partial charge on any atom is 0.253 e. The van der Waals surface area contributed by atoms with Gasteiger partial charge in [0.2, 0.25) is 0 Å². The van der Waals surface area contributed by atoms with Crippen molar-refractivity contribution >= 4 is 17.4 Å². The van der Waals surface area contributed by atoms with Gasteiger partial charge < -0.3 is 20.7 Å². The summed E-state index contributed by atoms with van der Waals surface area (Å²) >= 11 is 0. The molecule has 0 aliphatic carbocycles. The molecule has 176 valence electrons. The number of nitrogen functional groups attached to an aromatic ring is 1. The number of nitrogens with one attached hydrogen (secondary N) is 2. The number of ether oxygens (including phenoxy) is 1. The number of carbonyl (C=O) groups is 1. The lowest BCUT2D eigenvalue weighted by Gasteiger charge is -2.16. The summed E-state index contributed by atoms with van der Waals surface area (Å²) in [6, 6.07) is 26.2. The number of benzene rings is 3. The number of pyridine rings is 1. The summed E-state index contributed by atoms with van der Waals surface area (Å²) in [5.74, 6) is 1.29. The molecule has 0 unspecified atom stereocenters. The topological polar surface area (TPSA) is 104 Å². The first-order valence-electron chi connectivity index (χ1n) is 11.1. The summed E-state index contributed by atoms with van der Waals surface area (Å²) in [7, 11) is 5.23. The number of nitrogens with two attached hydrogens (primary N) is 1. The van der Waals surface area contributed by atoms with Gasteiger partial charge in [0.05, 0.1) is 17.0 Å². The van der Waals surface area contributed by atoms with Crippen molar-refractivity contribution in [2.75, 3.05) is 26.5 Å². The molecule has 0 saturated heterocycles. The Bertz CT molecular complexity index is 1350. The molecule has 1 aromatic heterocycles. The lowest BCUT2D eigenvalue weighted by Crippen LogP contribution is -2.21. The number of amidine groups is 1. The Morgan fingerprint density at radius 2 is 1.51 bits per heavy atom. The minimum absolute atomic E-state index is 0.0640. The number of hydrogen-bond donors (Lipinski definition) is 3. The van der Waals surface area contributed by atoms with Gasteiger partial charge in [-0.3, -0.25) is 10.2 Å². The zero-order valence-corrected chi connectivity index (χ0v) is 19.9. The molecular formula is C28H27N5O2. The molecule has 0 aliphatic heterocycles. The van der Waals surface area contributed by atoms with Gasteiger partial charge in [-0.2, -0.15) is 0 Å². The van der Waals surface area contributed by atoms with E-state index in [0.29, 0.717) is 34.0 Å². The second-order valence-corrected chi connectivity index (χ2v) is 8.16. The summed E-state index contributed by atoms with van der Waals surface area (Å²) in [4.78, 5) is 18.7. The van der Waals surface area contributed by atoms with Crippen LogP contribution in [0.4, 0.5) is 5.69 Å². The maximum absolute atomic E-state index is 12.2. The first kappa shape index (κ1) is 23.5. The molecule has 0 spiro atoms. The van der Waals surface area contributed by atoms with Gasteiger partial charge in [-0.1, -0.05) is 30.3 Å². The van der Waals surface area contributed by atoms with Crippen molar-refractivity contribution in [1.82, 2.24) is 9.88 Å². The van der Waals surface area contributed by atoms with Crippen molar-refractivity contribution in [3.8, 4) is 34.0 Å². The third kappa shape index (κ3) is 5.14. The van der Waals surface area contributed by atoms with E-state index >= 15 is 0 Å². The average Bonchev–Trinajstić information content (AvgIpc) is 2.88. The third-order valence-corrected chi connectivity index (χ3v) is 5.50. The van der Waals surface area contributed by atoms with E-state index in [0.717, 1.165) is 16.9 Å². The molecule has 35 heavy (non-hydrogen) atoms. The van der Waals surface area contributed by atoms with Crippen molar-refractivity contribution in [2.24, 2.45) is 5.73 Å². The predicted molar refractivity (Wildman–Crippen MR) is 140 cm³/mol. The van der Waals surface area contributed by atoms with Crippen LogP contribution < -0.4 is 15.8 Å². The van der Waals surface area contributed by atoms with Crippen LogP contribution in [0.5, 0.6) is 11.5 Å². The number of carbonyl (C=O) groups excluding carboxylic acids is 1. The molecule has 0 saturated carbocycles.